The SMILES string of the molecule is CCOC(=O)[C@@H]1[C@@H]2CN(C)C[C@@H]21. The van der Waals surface area contributed by atoms with E-state index in [-0.39, 0.29) is 11.9 Å². The number of carbonyl (C=O) groups is 1. The summed E-state index contributed by atoms with van der Waals surface area (Å²) in [6, 6.07) is 0. The van der Waals surface area contributed by atoms with Gasteiger partial charge >= 0.3 is 5.97 Å². The molecule has 0 amide bonds. The standard InChI is InChI=1S/C9H15NO2/c1-3-12-9(11)8-6-4-10(2)5-7(6)8/h6-8H,3-5H2,1-2H3/t6-,7+,8-. The van der Waals surface area contributed by atoms with Crippen molar-refractivity contribution in [3.05, 3.63) is 0 Å². The molecule has 2 aliphatic rings. The number of esters is 1. The minimum Gasteiger partial charge on any atom is -0.466 e. The van der Waals surface area contributed by atoms with Crippen molar-refractivity contribution in [2.24, 2.45) is 17.8 Å². The quantitative estimate of drug-likeness (QED) is 0.559. The van der Waals surface area contributed by atoms with E-state index in [9.17, 15) is 4.79 Å². The number of hydrogen-bond donors (Lipinski definition) is 0. The molecule has 0 aromatic heterocycles. The smallest absolute Gasteiger partial charge is 0.309 e. The molecule has 1 saturated carbocycles. The summed E-state index contributed by atoms with van der Waals surface area (Å²) < 4.78 is 4.98. The maximum Gasteiger partial charge on any atom is 0.309 e. The fraction of sp³-hybridized carbons (Fsp3) is 0.889. The Kier molecular flexibility index (Phi) is 1.83. The zero-order valence-electron chi connectivity index (χ0n) is 7.62. The number of carbonyl (C=O) groups excluding carboxylic acids is 1. The molecule has 0 aromatic rings. The minimum atomic E-state index is 0.0283. The first kappa shape index (κ1) is 8.05. The van der Waals surface area contributed by atoms with Crippen LogP contribution in [0.4, 0.5) is 0 Å². The van der Waals surface area contributed by atoms with E-state index in [2.05, 4.69) is 11.9 Å². The zero-order valence-corrected chi connectivity index (χ0v) is 7.62. The second-order valence-corrected chi connectivity index (χ2v) is 3.83. The Labute approximate surface area is 72.7 Å². The van der Waals surface area contributed by atoms with Crippen LogP contribution in [0.25, 0.3) is 0 Å². The van der Waals surface area contributed by atoms with Crippen molar-refractivity contribution < 1.29 is 9.53 Å². The van der Waals surface area contributed by atoms with Crippen molar-refractivity contribution in [1.82, 2.24) is 4.90 Å². The Morgan fingerprint density at radius 1 is 1.50 bits per heavy atom. The first-order valence-electron chi connectivity index (χ1n) is 4.59. The molecule has 2 rings (SSSR count). The van der Waals surface area contributed by atoms with E-state index in [4.69, 9.17) is 4.74 Å². The van der Waals surface area contributed by atoms with E-state index < -0.39 is 0 Å². The van der Waals surface area contributed by atoms with Crippen LogP contribution in [0.1, 0.15) is 6.92 Å². The minimum absolute atomic E-state index is 0.0283. The van der Waals surface area contributed by atoms with Crippen LogP contribution in [0, 0.1) is 17.8 Å². The highest BCUT2D eigenvalue weighted by Crippen LogP contribution is 2.51. The highest BCUT2D eigenvalue weighted by molar-refractivity contribution is 5.77. The fourth-order valence-corrected chi connectivity index (χ4v) is 2.33. The fourth-order valence-electron chi connectivity index (χ4n) is 2.33. The van der Waals surface area contributed by atoms with Crippen molar-refractivity contribution in [3.8, 4) is 0 Å². The van der Waals surface area contributed by atoms with Gasteiger partial charge in [0.1, 0.15) is 0 Å². The van der Waals surface area contributed by atoms with Gasteiger partial charge in [-0.25, -0.2) is 0 Å². The van der Waals surface area contributed by atoms with E-state index in [1.165, 1.54) is 0 Å². The van der Waals surface area contributed by atoms with Gasteiger partial charge in [-0.05, 0) is 25.8 Å². The van der Waals surface area contributed by atoms with E-state index in [1.54, 1.807) is 0 Å². The summed E-state index contributed by atoms with van der Waals surface area (Å²) in [5.41, 5.74) is 0. The first-order valence-corrected chi connectivity index (χ1v) is 4.59. The summed E-state index contributed by atoms with van der Waals surface area (Å²) in [6.45, 7) is 4.54. The number of likely N-dealkylation sites (tertiary alicyclic amines) is 1. The second-order valence-electron chi connectivity index (χ2n) is 3.83. The van der Waals surface area contributed by atoms with Gasteiger partial charge < -0.3 is 9.64 Å². The predicted molar refractivity (Wildman–Crippen MR) is 44.6 cm³/mol. The van der Waals surface area contributed by atoms with E-state index in [1.807, 2.05) is 6.92 Å². The van der Waals surface area contributed by atoms with Gasteiger partial charge in [-0.15, -0.1) is 0 Å². The Hall–Kier alpha value is -0.570. The Morgan fingerprint density at radius 3 is 2.58 bits per heavy atom. The molecule has 3 atom stereocenters. The predicted octanol–water partition coefficient (Wildman–Crippen LogP) is 0.357. The molecular formula is C9H15NO2. The van der Waals surface area contributed by atoms with Crippen molar-refractivity contribution >= 4 is 5.97 Å². The first-order chi connectivity index (χ1) is 5.74. The lowest BCUT2D eigenvalue weighted by atomic mass is 10.3. The highest BCUT2D eigenvalue weighted by Gasteiger charge is 2.59. The number of ether oxygens (including phenoxy) is 1. The summed E-state index contributed by atoms with van der Waals surface area (Å²) in [5.74, 6) is 1.48. The van der Waals surface area contributed by atoms with Crippen LogP contribution in [0.3, 0.4) is 0 Å². The van der Waals surface area contributed by atoms with Gasteiger partial charge in [0.05, 0.1) is 12.5 Å². The molecule has 0 bridgehead atoms. The van der Waals surface area contributed by atoms with Gasteiger partial charge in [-0.2, -0.15) is 0 Å². The Morgan fingerprint density at radius 2 is 2.08 bits per heavy atom. The van der Waals surface area contributed by atoms with Gasteiger partial charge in [0.25, 0.3) is 0 Å². The molecule has 1 aliphatic heterocycles. The summed E-state index contributed by atoms with van der Waals surface area (Å²) in [6.07, 6.45) is 0. The van der Waals surface area contributed by atoms with Crippen LogP contribution < -0.4 is 0 Å². The van der Waals surface area contributed by atoms with Crippen LogP contribution in [-0.2, 0) is 9.53 Å². The molecule has 0 unspecified atom stereocenters. The number of hydrogen-bond acceptors (Lipinski definition) is 3. The maximum atomic E-state index is 11.3. The summed E-state index contributed by atoms with van der Waals surface area (Å²) in [7, 11) is 2.11. The number of nitrogens with zero attached hydrogens (tertiary/aromatic N) is 1. The van der Waals surface area contributed by atoms with Gasteiger partial charge in [-0.1, -0.05) is 0 Å². The van der Waals surface area contributed by atoms with Crippen LogP contribution in [0.15, 0.2) is 0 Å². The number of rotatable bonds is 2. The average molecular weight is 169 g/mol. The van der Waals surface area contributed by atoms with Gasteiger partial charge in [0.2, 0.25) is 0 Å². The largest absolute Gasteiger partial charge is 0.466 e. The van der Waals surface area contributed by atoms with Crippen LogP contribution in [0.5, 0.6) is 0 Å². The molecule has 0 radical (unpaired) electrons. The molecule has 1 saturated heterocycles. The Bertz CT molecular complexity index is 193. The van der Waals surface area contributed by atoms with Gasteiger partial charge in [0, 0.05) is 13.1 Å². The van der Waals surface area contributed by atoms with Crippen LogP contribution >= 0.6 is 0 Å². The highest BCUT2D eigenvalue weighted by atomic mass is 16.5. The molecule has 68 valence electrons. The molecule has 1 aliphatic carbocycles. The summed E-state index contributed by atoms with van der Waals surface area (Å²) in [4.78, 5) is 13.6. The van der Waals surface area contributed by atoms with Crippen molar-refractivity contribution in [2.75, 3.05) is 26.7 Å². The molecule has 0 spiro atoms. The summed E-state index contributed by atoms with van der Waals surface area (Å²) >= 11 is 0. The monoisotopic (exact) mass is 169 g/mol. The third-order valence-electron chi connectivity index (χ3n) is 2.94. The molecule has 0 aromatic carbocycles. The average Bonchev–Trinajstić information content (AvgIpc) is 2.51. The lowest BCUT2D eigenvalue weighted by Gasteiger charge is -2.11. The normalized spacial score (nSPS) is 39.3. The second kappa shape index (κ2) is 2.73. The van der Waals surface area contributed by atoms with Crippen LogP contribution in [-0.4, -0.2) is 37.6 Å². The van der Waals surface area contributed by atoms with Crippen molar-refractivity contribution in [1.29, 1.82) is 0 Å². The van der Waals surface area contributed by atoms with Gasteiger partial charge in [-0.3, -0.25) is 4.79 Å². The van der Waals surface area contributed by atoms with E-state index >= 15 is 0 Å². The molecule has 1 heterocycles. The zero-order chi connectivity index (χ0) is 8.72. The van der Waals surface area contributed by atoms with Crippen LogP contribution in [0.2, 0.25) is 0 Å². The number of piperidine rings is 1. The number of fused-ring (bicyclic) bond motifs is 1. The van der Waals surface area contributed by atoms with E-state index in [0.29, 0.717) is 18.4 Å². The van der Waals surface area contributed by atoms with E-state index in [0.717, 1.165) is 13.1 Å². The molecular weight excluding hydrogens is 154 g/mol. The lowest BCUT2D eigenvalue weighted by Crippen LogP contribution is -2.22. The molecule has 2 fully saturated rings. The molecule has 0 N–H and O–H groups in total. The Balaban J connectivity index is 1.85. The third-order valence-corrected chi connectivity index (χ3v) is 2.94. The molecule has 3 heteroatoms. The third kappa shape index (κ3) is 1.12. The lowest BCUT2D eigenvalue weighted by molar-refractivity contribution is -0.145. The molecule has 3 nitrogen and oxygen atoms in total. The summed E-state index contributed by atoms with van der Waals surface area (Å²) in [5, 5.41) is 0. The maximum absolute atomic E-state index is 11.3. The van der Waals surface area contributed by atoms with Crippen molar-refractivity contribution in [3.63, 3.8) is 0 Å². The van der Waals surface area contributed by atoms with Gasteiger partial charge in [0.15, 0.2) is 0 Å². The molecule has 12 heavy (non-hydrogen) atoms. The van der Waals surface area contributed by atoms with Crippen molar-refractivity contribution in [2.45, 2.75) is 6.92 Å². The topological polar surface area (TPSA) is 29.5 Å².